The molecule has 0 nitrogen and oxygen atoms in total. The largest absolute Gasteiger partial charge is 0.178 e. The van der Waals surface area contributed by atoms with Crippen LogP contribution in [0.4, 0.5) is 0 Å². The Bertz CT molecular complexity index is 577. The van der Waals surface area contributed by atoms with E-state index in [2.05, 4.69) is 84.6 Å². The van der Waals surface area contributed by atoms with E-state index in [9.17, 15) is 0 Å². The quantitative estimate of drug-likeness (QED) is 0.637. The monoisotopic (exact) mass is 361 g/mol. The van der Waals surface area contributed by atoms with Crippen molar-refractivity contribution in [1.29, 1.82) is 0 Å². The van der Waals surface area contributed by atoms with Gasteiger partial charge in [0, 0.05) is 7.06 Å². The third-order valence-corrected chi connectivity index (χ3v) is 5.24. The van der Waals surface area contributed by atoms with Crippen LogP contribution in [-0.4, -0.2) is 20.2 Å². The molecule has 1 aliphatic carbocycles. The van der Waals surface area contributed by atoms with E-state index in [0.29, 0.717) is 0 Å². The molecular weight excluding hydrogens is 341 g/mol. The second-order valence-corrected chi connectivity index (χ2v) is 7.06. The topological polar surface area (TPSA) is 0 Å². The zero-order chi connectivity index (χ0) is 15.9. The van der Waals surface area contributed by atoms with E-state index in [1.807, 2.05) is 5.99 Å². The maximum atomic E-state index is 3.34. The van der Waals surface area contributed by atoms with E-state index in [1.54, 1.807) is 0 Å². The smallest absolute Gasteiger partial charge is 0.149 e. The summed E-state index contributed by atoms with van der Waals surface area (Å²) in [6, 6.07) is 20.0. The molecule has 0 atom stereocenters. The normalized spacial score (nSPS) is 20.7. The van der Waals surface area contributed by atoms with Crippen LogP contribution in [0.1, 0.15) is 48.3 Å². The second kappa shape index (κ2) is 8.82. The van der Waals surface area contributed by atoms with Crippen molar-refractivity contribution in [3.63, 3.8) is 0 Å². The Morgan fingerprint density at radius 2 is 1.48 bits per heavy atom. The predicted molar refractivity (Wildman–Crippen MR) is 107 cm³/mol. The highest BCUT2D eigenvalue weighted by Gasteiger charge is 2.22. The molecule has 0 bridgehead atoms. The van der Waals surface area contributed by atoms with Crippen LogP contribution < -0.4 is 0 Å². The van der Waals surface area contributed by atoms with Crippen molar-refractivity contribution < 1.29 is 0 Å². The molecule has 0 heterocycles. The van der Waals surface area contributed by atoms with Gasteiger partial charge in [-0.05, 0) is 41.9 Å². The maximum Gasteiger partial charge on any atom is 0.149 e. The fourth-order valence-electron chi connectivity index (χ4n) is 3.58. The van der Waals surface area contributed by atoms with Gasteiger partial charge in [0.25, 0.3) is 0 Å². The molecule has 0 aliphatic heterocycles. The van der Waals surface area contributed by atoms with E-state index in [1.165, 1.54) is 42.4 Å². The maximum absolute atomic E-state index is 3.34. The lowest BCUT2D eigenvalue weighted by Gasteiger charge is -2.28. The summed E-state index contributed by atoms with van der Waals surface area (Å²) in [6.45, 7) is 0. The van der Waals surface area contributed by atoms with E-state index < -0.39 is 0 Å². The summed E-state index contributed by atoms with van der Waals surface area (Å²) in [7, 11) is 4.47. The minimum atomic E-state index is 0.748. The van der Waals surface area contributed by atoms with E-state index in [-0.39, 0.29) is 0 Å². The average Bonchev–Trinajstić information content (AvgIpc) is 2.62. The van der Waals surface area contributed by atoms with Crippen LogP contribution in [-0.2, 0) is 6.42 Å². The van der Waals surface area contributed by atoms with Gasteiger partial charge in [-0.1, -0.05) is 73.3 Å². The number of rotatable bonds is 6. The number of hydrogen-bond acceptors (Lipinski definition) is 0. The summed E-state index contributed by atoms with van der Waals surface area (Å²) < 4.78 is 0. The molecule has 23 heavy (non-hydrogen) atoms. The zero-order valence-corrected chi connectivity index (χ0v) is 15.1. The summed E-state index contributed by atoms with van der Waals surface area (Å²) in [5, 5.41) is 0. The molecule has 1 aliphatic rings. The van der Waals surface area contributed by atoms with Gasteiger partial charge < -0.3 is 0 Å². The van der Waals surface area contributed by atoms with Crippen LogP contribution in [0.25, 0.3) is 0 Å². The molecule has 0 saturated heterocycles. The van der Waals surface area contributed by atoms with Crippen molar-refractivity contribution in [3.8, 4) is 0 Å². The molecule has 3 radical (unpaired) electrons. The van der Waals surface area contributed by atoms with Crippen LogP contribution in [0.15, 0.2) is 54.6 Å². The highest BCUT2D eigenvalue weighted by Crippen LogP contribution is 2.38. The molecule has 1 fully saturated rings. The molecule has 4 heteroatoms. The van der Waals surface area contributed by atoms with E-state index >= 15 is 0 Å². The van der Waals surface area contributed by atoms with Gasteiger partial charge in [0.1, 0.15) is 5.99 Å². The predicted octanol–water partition coefficient (Wildman–Crippen LogP) is 4.98. The van der Waals surface area contributed by atoms with Gasteiger partial charge in [0.2, 0.25) is 0 Å². The number of hydrogen-bond donors (Lipinski definition) is 0. The van der Waals surface area contributed by atoms with Crippen molar-refractivity contribution in [1.82, 2.24) is 0 Å². The minimum absolute atomic E-state index is 0.748. The standard InChI is InChI=1S/C19H21B3Br/c23-22-21-20-19-12-10-18(11-13-19)17-8-6-16(7-9-17)14-15-4-2-1-3-5-15/h1-9,18-19H,10-14H2. The lowest BCUT2D eigenvalue weighted by molar-refractivity contribution is 0.443. The van der Waals surface area contributed by atoms with Crippen molar-refractivity contribution in [2.24, 2.45) is 0 Å². The fourth-order valence-corrected chi connectivity index (χ4v) is 3.76. The minimum Gasteiger partial charge on any atom is -0.178 e. The van der Waals surface area contributed by atoms with Crippen LogP contribution in [0.2, 0.25) is 5.82 Å². The Morgan fingerprint density at radius 3 is 2.13 bits per heavy atom. The summed E-state index contributed by atoms with van der Waals surface area (Å²) in [4.78, 5) is 0. The van der Waals surface area contributed by atoms with Crippen molar-refractivity contribution in [3.05, 3.63) is 71.3 Å². The van der Waals surface area contributed by atoms with Gasteiger partial charge in [0.15, 0.2) is 0 Å². The van der Waals surface area contributed by atoms with Crippen LogP contribution in [0.5, 0.6) is 0 Å². The van der Waals surface area contributed by atoms with Gasteiger partial charge in [0.05, 0.1) is 7.17 Å². The first kappa shape index (κ1) is 17.0. The molecule has 2 aromatic carbocycles. The molecule has 0 spiro atoms. The summed E-state index contributed by atoms with van der Waals surface area (Å²) in [5.41, 5.74) is 4.32. The molecule has 113 valence electrons. The molecular formula is C19H21B3Br. The lowest BCUT2D eigenvalue weighted by atomic mass is 9.23. The van der Waals surface area contributed by atoms with Crippen LogP contribution in [0.3, 0.4) is 0 Å². The molecule has 1 saturated carbocycles. The Labute approximate surface area is 151 Å². The van der Waals surface area contributed by atoms with E-state index in [4.69, 9.17) is 0 Å². The highest BCUT2D eigenvalue weighted by molar-refractivity contribution is 9.24. The van der Waals surface area contributed by atoms with Gasteiger partial charge in [-0.25, -0.2) is 0 Å². The van der Waals surface area contributed by atoms with Crippen molar-refractivity contribution >= 4 is 36.0 Å². The first-order chi connectivity index (χ1) is 11.3. The van der Waals surface area contributed by atoms with E-state index in [0.717, 1.165) is 18.2 Å². The van der Waals surface area contributed by atoms with Gasteiger partial charge in [-0.3, -0.25) is 0 Å². The van der Waals surface area contributed by atoms with Gasteiger partial charge in [-0.2, -0.15) is 15.8 Å². The highest BCUT2D eigenvalue weighted by atomic mass is 79.9. The molecule has 0 aromatic heterocycles. The van der Waals surface area contributed by atoms with Crippen molar-refractivity contribution in [2.45, 2.75) is 43.8 Å². The van der Waals surface area contributed by atoms with Crippen LogP contribution in [0, 0.1) is 0 Å². The Kier molecular flexibility index (Phi) is 6.50. The summed E-state index contributed by atoms with van der Waals surface area (Å²) >= 11 is 3.34. The van der Waals surface area contributed by atoms with Gasteiger partial charge >= 0.3 is 0 Å². The third-order valence-electron chi connectivity index (χ3n) is 4.93. The third kappa shape index (κ3) is 5.04. The average molecular weight is 362 g/mol. The lowest BCUT2D eigenvalue weighted by Crippen LogP contribution is -2.20. The molecule has 0 amide bonds. The van der Waals surface area contributed by atoms with Crippen molar-refractivity contribution in [2.75, 3.05) is 0 Å². The summed E-state index contributed by atoms with van der Waals surface area (Å²) in [5.74, 6) is 3.46. The first-order valence-corrected chi connectivity index (χ1v) is 9.49. The molecule has 0 unspecified atom stereocenters. The molecule has 3 rings (SSSR count). The zero-order valence-electron chi connectivity index (χ0n) is 13.5. The molecule has 0 N–H and O–H groups in total. The second-order valence-electron chi connectivity index (χ2n) is 6.53. The SMILES string of the molecule is Br[B][B][B]C1CCC(c2ccc(Cc3ccccc3)cc2)CC1. The first-order valence-electron chi connectivity index (χ1n) is 8.58. The number of benzene rings is 2. The van der Waals surface area contributed by atoms with Gasteiger partial charge in [-0.15, -0.1) is 0 Å². The summed E-state index contributed by atoms with van der Waals surface area (Å²) in [6.07, 6.45) is 6.29. The molecule has 2 aromatic rings. The number of halogens is 1. The Morgan fingerprint density at radius 1 is 0.826 bits per heavy atom. The van der Waals surface area contributed by atoms with Crippen LogP contribution >= 0.6 is 15.8 Å². The fraction of sp³-hybridized carbons (Fsp3) is 0.368. The Balaban J connectivity index is 1.54. The Hall–Kier alpha value is -0.885.